The van der Waals surface area contributed by atoms with Gasteiger partial charge in [-0.1, -0.05) is 11.6 Å². The van der Waals surface area contributed by atoms with Gasteiger partial charge in [0.05, 0.1) is 25.9 Å². The second-order valence-corrected chi connectivity index (χ2v) is 7.97. The molecule has 1 aromatic rings. The molecular weight excluding hydrogens is 410 g/mol. The van der Waals surface area contributed by atoms with E-state index in [1.54, 1.807) is 6.07 Å². The Morgan fingerprint density at radius 3 is 3.10 bits per heavy atom. The number of rotatable bonds is 8. The van der Waals surface area contributed by atoms with Crippen molar-refractivity contribution in [2.45, 2.75) is 38.0 Å². The first-order valence-corrected chi connectivity index (χ1v) is 10.8. The molecule has 3 atom stereocenters. The maximum atomic E-state index is 12.8. The minimum absolute atomic E-state index is 0.0225. The molecule has 0 saturated carbocycles. The second kappa shape index (κ2) is 9.87. The molecule has 2 N–H and O–H groups in total. The molecule has 3 unspecified atom stereocenters. The highest BCUT2D eigenvalue weighted by Gasteiger charge is 2.35. The lowest BCUT2D eigenvalue weighted by molar-refractivity contribution is -0.124. The molecule has 1 aromatic carbocycles. The number of hydrogen-bond acceptors (Lipinski definition) is 7. The maximum absolute atomic E-state index is 12.8. The molecule has 3 aliphatic heterocycles. The van der Waals surface area contributed by atoms with Gasteiger partial charge in [-0.3, -0.25) is 9.80 Å². The summed E-state index contributed by atoms with van der Waals surface area (Å²) in [6.07, 6.45) is 3.30. The highest BCUT2D eigenvalue weighted by molar-refractivity contribution is 6.30. The van der Waals surface area contributed by atoms with Crippen LogP contribution in [0, 0.1) is 0 Å². The number of hydrogen-bond donors (Lipinski definition) is 2. The third-order valence-electron chi connectivity index (χ3n) is 5.27. The van der Waals surface area contributed by atoms with Gasteiger partial charge < -0.3 is 24.3 Å². The van der Waals surface area contributed by atoms with Crippen molar-refractivity contribution in [3.8, 4) is 5.75 Å². The Hall–Kier alpha value is -2.00. The molecule has 1 amide bonds. The molecule has 4 rings (SSSR count). The number of nitrogens with one attached hydrogen (secondary N) is 2. The predicted molar refractivity (Wildman–Crippen MR) is 111 cm³/mol. The summed E-state index contributed by atoms with van der Waals surface area (Å²) in [5.74, 6) is 1.40. The largest absolute Gasteiger partial charge is 0.491 e. The average molecular weight is 438 g/mol. The van der Waals surface area contributed by atoms with Gasteiger partial charge in [0, 0.05) is 30.7 Å². The molecule has 1 fully saturated rings. The van der Waals surface area contributed by atoms with Crippen LogP contribution in [0.15, 0.2) is 30.2 Å². The van der Waals surface area contributed by atoms with E-state index in [9.17, 15) is 4.79 Å². The summed E-state index contributed by atoms with van der Waals surface area (Å²) in [5, 5.41) is 5.61. The first kappa shape index (κ1) is 21.2. The number of benzene rings is 1. The Labute approximate surface area is 181 Å². The van der Waals surface area contributed by atoms with E-state index >= 15 is 0 Å². The summed E-state index contributed by atoms with van der Waals surface area (Å²) in [4.78, 5) is 12.8. The Morgan fingerprint density at radius 2 is 2.23 bits per heavy atom. The van der Waals surface area contributed by atoms with E-state index in [2.05, 4.69) is 10.7 Å². The summed E-state index contributed by atoms with van der Waals surface area (Å²) in [5.41, 5.74) is 4.20. The van der Waals surface area contributed by atoms with Crippen molar-refractivity contribution in [1.82, 2.24) is 15.8 Å². The van der Waals surface area contributed by atoms with Crippen LogP contribution in [0.2, 0.25) is 5.02 Å². The molecule has 1 saturated heterocycles. The predicted octanol–water partition coefficient (Wildman–Crippen LogP) is 1.63. The van der Waals surface area contributed by atoms with Crippen LogP contribution in [0.5, 0.6) is 5.75 Å². The van der Waals surface area contributed by atoms with Crippen molar-refractivity contribution < 1.29 is 23.7 Å². The third-order valence-corrected chi connectivity index (χ3v) is 5.50. The normalized spacial score (nSPS) is 24.9. The van der Waals surface area contributed by atoms with Gasteiger partial charge >= 0.3 is 0 Å². The standard InChI is InChI=1S/C21H28ClN3O5/c1-2-27-7-8-28-13-17-5-6-25-20(30-17)11-18(24-25)21(26)23-16-10-14-9-15(22)3-4-19(14)29-12-16/h3-4,9,11,16-18,24H,2,5-8,10,12-13H2,1H3,(H,23,26). The van der Waals surface area contributed by atoms with Crippen molar-refractivity contribution in [2.24, 2.45) is 0 Å². The number of nitrogens with zero attached hydrogens (tertiary/aromatic N) is 1. The lowest BCUT2D eigenvalue weighted by atomic mass is 10.0. The van der Waals surface area contributed by atoms with Gasteiger partial charge in [0.25, 0.3) is 0 Å². The van der Waals surface area contributed by atoms with Gasteiger partial charge in [0.2, 0.25) is 11.8 Å². The summed E-state index contributed by atoms with van der Waals surface area (Å²) in [7, 11) is 0. The Kier molecular flexibility index (Phi) is 6.99. The zero-order valence-corrected chi connectivity index (χ0v) is 17.8. The van der Waals surface area contributed by atoms with Crippen LogP contribution in [-0.2, 0) is 25.4 Å². The fourth-order valence-electron chi connectivity index (χ4n) is 3.76. The summed E-state index contributed by atoms with van der Waals surface area (Å²) in [6, 6.07) is 4.98. The molecule has 30 heavy (non-hydrogen) atoms. The quantitative estimate of drug-likeness (QED) is 0.598. The van der Waals surface area contributed by atoms with Crippen LogP contribution in [0.4, 0.5) is 0 Å². The van der Waals surface area contributed by atoms with Crippen molar-refractivity contribution in [2.75, 3.05) is 39.6 Å². The van der Waals surface area contributed by atoms with Crippen LogP contribution in [0.25, 0.3) is 0 Å². The van der Waals surface area contributed by atoms with E-state index in [1.807, 2.05) is 30.1 Å². The monoisotopic (exact) mass is 437 g/mol. The molecule has 164 valence electrons. The van der Waals surface area contributed by atoms with Crippen molar-refractivity contribution >= 4 is 17.5 Å². The summed E-state index contributed by atoms with van der Waals surface area (Å²) >= 11 is 6.07. The fraction of sp³-hybridized carbons (Fsp3) is 0.571. The molecule has 3 heterocycles. The fourth-order valence-corrected chi connectivity index (χ4v) is 3.95. The minimum Gasteiger partial charge on any atom is -0.491 e. The van der Waals surface area contributed by atoms with Gasteiger partial charge in [-0.15, -0.1) is 0 Å². The zero-order chi connectivity index (χ0) is 20.9. The van der Waals surface area contributed by atoms with E-state index in [0.717, 1.165) is 24.3 Å². The number of ether oxygens (including phenoxy) is 4. The van der Waals surface area contributed by atoms with E-state index in [1.165, 1.54) is 0 Å². The number of carbonyl (C=O) groups is 1. The molecule has 3 aliphatic rings. The second-order valence-electron chi connectivity index (χ2n) is 7.54. The van der Waals surface area contributed by atoms with Crippen LogP contribution in [0.1, 0.15) is 18.9 Å². The van der Waals surface area contributed by atoms with Crippen LogP contribution in [0.3, 0.4) is 0 Å². The van der Waals surface area contributed by atoms with Crippen molar-refractivity contribution in [3.05, 3.63) is 40.7 Å². The van der Waals surface area contributed by atoms with Gasteiger partial charge in [0.1, 0.15) is 24.5 Å². The maximum Gasteiger partial charge on any atom is 0.243 e. The van der Waals surface area contributed by atoms with Gasteiger partial charge in [-0.2, -0.15) is 0 Å². The van der Waals surface area contributed by atoms with E-state index in [4.69, 9.17) is 30.5 Å². The van der Waals surface area contributed by atoms with Gasteiger partial charge in [0.15, 0.2) is 0 Å². The molecule has 0 bridgehead atoms. The molecule has 0 aromatic heterocycles. The zero-order valence-electron chi connectivity index (χ0n) is 17.1. The van der Waals surface area contributed by atoms with Gasteiger partial charge in [-0.25, -0.2) is 5.43 Å². The SMILES string of the molecule is CCOCCOCC1CCN2NC(C(=O)NC3COc4ccc(Cl)cc4C3)C=C2O1. The van der Waals surface area contributed by atoms with Gasteiger partial charge in [-0.05, 0) is 37.1 Å². The molecule has 8 nitrogen and oxygen atoms in total. The van der Waals surface area contributed by atoms with E-state index in [0.29, 0.717) is 50.4 Å². The molecule has 0 radical (unpaired) electrons. The highest BCUT2D eigenvalue weighted by Crippen LogP contribution is 2.28. The smallest absolute Gasteiger partial charge is 0.243 e. The minimum atomic E-state index is -0.474. The average Bonchev–Trinajstić information content (AvgIpc) is 3.17. The van der Waals surface area contributed by atoms with Crippen molar-refractivity contribution in [1.29, 1.82) is 0 Å². The lowest BCUT2D eigenvalue weighted by Crippen LogP contribution is -2.52. The topological polar surface area (TPSA) is 81.3 Å². The number of amides is 1. The van der Waals surface area contributed by atoms with E-state index < -0.39 is 6.04 Å². The molecular formula is C21H28ClN3O5. The third kappa shape index (κ3) is 5.18. The molecule has 0 aliphatic carbocycles. The molecule has 9 heteroatoms. The van der Waals surface area contributed by atoms with Crippen LogP contribution in [-0.4, -0.2) is 68.7 Å². The van der Waals surface area contributed by atoms with E-state index in [-0.39, 0.29) is 18.1 Å². The summed E-state index contributed by atoms with van der Waals surface area (Å²) in [6.45, 7) is 5.49. The highest BCUT2D eigenvalue weighted by atomic mass is 35.5. The Morgan fingerprint density at radius 1 is 1.37 bits per heavy atom. The lowest BCUT2D eigenvalue weighted by Gasteiger charge is -2.33. The first-order valence-electron chi connectivity index (χ1n) is 10.4. The first-order chi connectivity index (χ1) is 14.6. The number of fused-ring (bicyclic) bond motifs is 2. The van der Waals surface area contributed by atoms with Crippen LogP contribution < -0.4 is 15.5 Å². The Balaban J connectivity index is 1.26. The van der Waals surface area contributed by atoms with Crippen molar-refractivity contribution in [3.63, 3.8) is 0 Å². The molecule has 0 spiro atoms. The number of carbonyl (C=O) groups excluding carboxylic acids is 1. The number of halogens is 1. The summed E-state index contributed by atoms with van der Waals surface area (Å²) < 4.78 is 22.6. The van der Waals surface area contributed by atoms with Crippen LogP contribution >= 0.6 is 11.6 Å². The number of hydrazine groups is 1. The Bertz CT molecular complexity index is 790.